The van der Waals surface area contributed by atoms with Gasteiger partial charge in [-0.3, -0.25) is 4.90 Å². The Balaban J connectivity index is 1.73. The number of nitrogen functional groups attached to an aromatic ring is 1. The first-order valence-electron chi connectivity index (χ1n) is 8.12. The van der Waals surface area contributed by atoms with Gasteiger partial charge in [0.05, 0.1) is 17.8 Å². The summed E-state index contributed by atoms with van der Waals surface area (Å²) in [5, 5.41) is 3.30. The maximum absolute atomic E-state index is 12.3. The summed E-state index contributed by atoms with van der Waals surface area (Å²) in [5.74, 6) is -0.734. The molecule has 1 aliphatic rings. The summed E-state index contributed by atoms with van der Waals surface area (Å²) in [6, 6.07) is 4.81. The molecule has 0 unspecified atom stereocenters. The number of aromatic nitrogens is 2. The number of urea groups is 1. The largest absolute Gasteiger partial charge is 0.383 e. The zero-order chi connectivity index (χ0) is 19.8. The number of nitrogens with one attached hydrogen (secondary N) is 2. The monoisotopic (exact) mass is 390 g/mol. The van der Waals surface area contributed by atoms with Crippen molar-refractivity contribution < 1.29 is 14.4 Å². The van der Waals surface area contributed by atoms with E-state index in [0.29, 0.717) is 17.3 Å². The van der Waals surface area contributed by atoms with Crippen LogP contribution in [0.2, 0.25) is 5.02 Å². The fourth-order valence-electron chi connectivity index (χ4n) is 2.56. The van der Waals surface area contributed by atoms with Gasteiger partial charge in [-0.2, -0.15) is 4.98 Å². The maximum Gasteiger partial charge on any atom is 0.368 e. The van der Waals surface area contributed by atoms with Gasteiger partial charge in [0.1, 0.15) is 11.4 Å². The summed E-state index contributed by atoms with van der Waals surface area (Å²) < 4.78 is 0. The van der Waals surface area contributed by atoms with Crippen LogP contribution in [0.25, 0.3) is 0 Å². The molecule has 1 aliphatic heterocycles. The van der Waals surface area contributed by atoms with Crippen LogP contribution in [0.4, 0.5) is 22.2 Å². The molecule has 4 N–H and O–H groups in total. The lowest BCUT2D eigenvalue weighted by molar-refractivity contribution is 0.0596. The average Bonchev–Trinajstić information content (AvgIpc) is 2.88. The molecule has 1 saturated heterocycles. The highest BCUT2D eigenvalue weighted by molar-refractivity contribution is 6.30. The Kier molecular flexibility index (Phi) is 4.79. The first-order valence-corrected chi connectivity index (χ1v) is 8.49. The van der Waals surface area contributed by atoms with Crippen molar-refractivity contribution in [3.8, 4) is 0 Å². The molecule has 0 aliphatic carbocycles. The Bertz CT molecular complexity index is 918. The van der Waals surface area contributed by atoms with Crippen LogP contribution in [0.5, 0.6) is 0 Å². The Morgan fingerprint density at radius 3 is 2.81 bits per heavy atom. The predicted octanol–water partition coefficient (Wildman–Crippen LogP) is 2.51. The molecule has 0 radical (unpaired) electrons. The van der Waals surface area contributed by atoms with E-state index in [1.54, 1.807) is 18.2 Å². The van der Waals surface area contributed by atoms with Gasteiger partial charge in [-0.15, -0.1) is 0 Å². The smallest absolute Gasteiger partial charge is 0.368 e. The van der Waals surface area contributed by atoms with Gasteiger partial charge in [0, 0.05) is 11.2 Å². The summed E-state index contributed by atoms with van der Waals surface area (Å²) in [7, 11) is 0. The molecule has 2 amide bonds. The van der Waals surface area contributed by atoms with E-state index in [1.807, 2.05) is 20.8 Å². The Morgan fingerprint density at radius 2 is 2.19 bits per heavy atom. The standard InChI is InChI=1S/C17H19ClN6O3/c1-9-4-5-10(18)6-12(9)23-27-14(25)11-7-20-15(21-13(11)19)24-8-17(2,3)22-16(24)26/h4-7,23H,8H2,1-3H3,(H,22,26)(H2,19,20,21). The minimum atomic E-state index is -0.760. The second-order valence-corrected chi connectivity index (χ2v) is 7.26. The quantitative estimate of drug-likeness (QED) is 0.685. The first kappa shape index (κ1) is 18.7. The van der Waals surface area contributed by atoms with Crippen LogP contribution >= 0.6 is 11.6 Å². The van der Waals surface area contributed by atoms with Gasteiger partial charge in [0.25, 0.3) is 0 Å². The molecule has 2 aromatic rings. The van der Waals surface area contributed by atoms with E-state index in [-0.39, 0.29) is 23.4 Å². The SMILES string of the molecule is Cc1ccc(Cl)cc1NOC(=O)c1cnc(N2CC(C)(C)NC2=O)nc1N. The van der Waals surface area contributed by atoms with E-state index in [9.17, 15) is 9.59 Å². The minimum absolute atomic E-state index is 0.0233. The summed E-state index contributed by atoms with van der Waals surface area (Å²) in [6.07, 6.45) is 1.23. The molecule has 27 heavy (non-hydrogen) atoms. The number of rotatable bonds is 4. The number of carbonyl (C=O) groups excluding carboxylic acids is 2. The van der Waals surface area contributed by atoms with E-state index in [0.717, 1.165) is 5.56 Å². The second kappa shape index (κ2) is 6.92. The highest BCUT2D eigenvalue weighted by Gasteiger charge is 2.37. The predicted molar refractivity (Wildman–Crippen MR) is 102 cm³/mol. The lowest BCUT2D eigenvalue weighted by Gasteiger charge is -2.17. The lowest BCUT2D eigenvalue weighted by atomic mass is 10.1. The van der Waals surface area contributed by atoms with Crippen LogP contribution in [0.15, 0.2) is 24.4 Å². The molecular weight excluding hydrogens is 372 g/mol. The zero-order valence-electron chi connectivity index (χ0n) is 15.0. The topological polar surface area (TPSA) is 122 Å². The Hall–Kier alpha value is -3.07. The Labute approximate surface area is 160 Å². The van der Waals surface area contributed by atoms with Crippen molar-refractivity contribution in [2.45, 2.75) is 26.3 Å². The number of nitrogens with two attached hydrogens (primary N) is 1. The van der Waals surface area contributed by atoms with Gasteiger partial charge in [-0.1, -0.05) is 17.7 Å². The number of amides is 2. The maximum atomic E-state index is 12.3. The molecule has 10 heteroatoms. The molecule has 3 rings (SSSR count). The number of hydrogen-bond acceptors (Lipinski definition) is 7. The number of halogens is 1. The van der Waals surface area contributed by atoms with Gasteiger partial charge in [0.15, 0.2) is 0 Å². The van der Waals surface area contributed by atoms with E-state index < -0.39 is 11.5 Å². The fourth-order valence-corrected chi connectivity index (χ4v) is 2.73. The number of nitrogens with zero attached hydrogens (tertiary/aromatic N) is 3. The number of carbonyl (C=O) groups is 2. The number of benzene rings is 1. The van der Waals surface area contributed by atoms with Crippen molar-refractivity contribution in [3.63, 3.8) is 0 Å². The van der Waals surface area contributed by atoms with Crippen molar-refractivity contribution in [1.29, 1.82) is 0 Å². The number of hydrogen-bond donors (Lipinski definition) is 3. The minimum Gasteiger partial charge on any atom is -0.383 e. The van der Waals surface area contributed by atoms with Crippen LogP contribution in [-0.4, -0.2) is 34.1 Å². The zero-order valence-corrected chi connectivity index (χ0v) is 15.8. The van der Waals surface area contributed by atoms with Gasteiger partial charge in [0.2, 0.25) is 5.95 Å². The molecule has 0 bridgehead atoms. The Morgan fingerprint density at radius 1 is 1.44 bits per heavy atom. The molecule has 0 spiro atoms. The molecular formula is C17H19ClN6O3. The molecule has 0 saturated carbocycles. The first-order chi connectivity index (χ1) is 12.7. The number of anilines is 3. The third-order valence-corrected chi connectivity index (χ3v) is 4.20. The van der Waals surface area contributed by atoms with Crippen molar-refractivity contribution in [3.05, 3.63) is 40.5 Å². The van der Waals surface area contributed by atoms with Gasteiger partial charge in [-0.05, 0) is 38.5 Å². The van der Waals surface area contributed by atoms with Crippen LogP contribution in [0, 0.1) is 6.92 Å². The molecule has 142 valence electrons. The van der Waals surface area contributed by atoms with Crippen LogP contribution < -0.4 is 21.4 Å². The highest BCUT2D eigenvalue weighted by Crippen LogP contribution is 2.23. The van der Waals surface area contributed by atoms with E-state index in [1.165, 1.54) is 11.1 Å². The van der Waals surface area contributed by atoms with Crippen molar-refractivity contribution in [2.24, 2.45) is 0 Å². The van der Waals surface area contributed by atoms with Crippen molar-refractivity contribution in [2.75, 3.05) is 22.7 Å². The third kappa shape index (κ3) is 4.03. The van der Waals surface area contributed by atoms with Crippen LogP contribution in [0.3, 0.4) is 0 Å². The third-order valence-electron chi connectivity index (χ3n) is 3.96. The van der Waals surface area contributed by atoms with Crippen molar-refractivity contribution in [1.82, 2.24) is 15.3 Å². The van der Waals surface area contributed by atoms with E-state index in [4.69, 9.17) is 22.2 Å². The fraction of sp³-hybridized carbons (Fsp3) is 0.294. The lowest BCUT2D eigenvalue weighted by Crippen LogP contribution is -2.36. The number of aryl methyl sites for hydroxylation is 1. The summed E-state index contributed by atoms with van der Waals surface area (Å²) in [6.45, 7) is 5.97. The van der Waals surface area contributed by atoms with Crippen LogP contribution in [-0.2, 0) is 4.84 Å². The van der Waals surface area contributed by atoms with Gasteiger partial charge < -0.3 is 15.9 Å². The summed E-state index contributed by atoms with van der Waals surface area (Å²) in [5.41, 5.74) is 9.37. The van der Waals surface area contributed by atoms with E-state index in [2.05, 4.69) is 20.8 Å². The average molecular weight is 391 g/mol. The summed E-state index contributed by atoms with van der Waals surface area (Å²) in [4.78, 5) is 38.8. The molecule has 0 atom stereocenters. The van der Waals surface area contributed by atoms with Crippen LogP contribution in [0.1, 0.15) is 29.8 Å². The van der Waals surface area contributed by atoms with E-state index >= 15 is 0 Å². The highest BCUT2D eigenvalue weighted by atomic mass is 35.5. The molecule has 9 nitrogen and oxygen atoms in total. The molecule has 2 heterocycles. The normalized spacial score (nSPS) is 15.4. The van der Waals surface area contributed by atoms with Gasteiger partial charge >= 0.3 is 12.0 Å². The molecule has 1 aromatic heterocycles. The molecule has 1 aromatic carbocycles. The van der Waals surface area contributed by atoms with Crippen molar-refractivity contribution >= 4 is 41.1 Å². The van der Waals surface area contributed by atoms with Gasteiger partial charge in [-0.25, -0.2) is 20.1 Å². The molecule has 1 fully saturated rings. The summed E-state index contributed by atoms with van der Waals surface area (Å²) >= 11 is 5.93. The second-order valence-electron chi connectivity index (χ2n) is 6.82.